The van der Waals surface area contributed by atoms with Crippen molar-refractivity contribution in [2.24, 2.45) is 0 Å². The van der Waals surface area contributed by atoms with Crippen LogP contribution in [0.15, 0.2) is 95.9 Å². The van der Waals surface area contributed by atoms with Gasteiger partial charge in [-0.1, -0.05) is 0 Å². The molecule has 4 heterocycles. The molecule has 0 amide bonds. The summed E-state index contributed by atoms with van der Waals surface area (Å²) < 4.78 is 265. The van der Waals surface area contributed by atoms with E-state index in [0.29, 0.717) is 54.6 Å². The first-order valence-corrected chi connectivity index (χ1v) is 22.9. The van der Waals surface area contributed by atoms with E-state index < -0.39 is 171 Å². The molecule has 5 aromatic rings. The first kappa shape index (κ1) is 52.5. The number of hydrogen-bond acceptors (Lipinski definition) is 12. The van der Waals surface area contributed by atoms with E-state index in [4.69, 9.17) is 18.9 Å². The lowest BCUT2D eigenvalue weighted by atomic mass is 9.95. The van der Waals surface area contributed by atoms with E-state index in [0.717, 1.165) is 46.2 Å². The lowest BCUT2D eigenvalue weighted by Gasteiger charge is -2.46. The number of fused-ring (bicyclic) bond motifs is 4. The Bertz CT molecular complexity index is 3000. The van der Waals surface area contributed by atoms with Crippen LogP contribution in [0.25, 0.3) is 0 Å². The molecule has 398 valence electrons. The molecule has 29 heteroatoms. The molecule has 13 nitrogen and oxygen atoms in total. The summed E-state index contributed by atoms with van der Waals surface area (Å²) >= 11 is 0. The standard InChI is InChI=1S/C45H33F15N4O9S/c46-41(47,48)20-1-9-28-34(13-20)71-35-14-21(42(49,50)51)2-10-29(35)63(28)32-18-69-16-26(38(32)65)61-37-25(44(55,56)57)8-12-31-40(37)72-36-15-22(43(52,53)54)3-11-30(36)64(31)33-19-70-17-27(39(33)66)62-74(67,68)24-6-4-23(5-7-24)73-45(58,59)60/h1-15,26-27,32-33,38-39,61-62,65-66H,16-19H2/t26-,27-,32+,33+,38+,39+/m1/s1. The molecule has 4 N–H and O–H groups in total. The number of aliphatic hydroxyl groups is 2. The molecular formula is C45H33F15N4O9S. The fourth-order valence-electron chi connectivity index (χ4n) is 8.88. The highest BCUT2D eigenvalue weighted by Gasteiger charge is 2.48. The Kier molecular flexibility index (Phi) is 13.1. The zero-order valence-electron chi connectivity index (χ0n) is 36.7. The Morgan fingerprint density at radius 1 is 0.527 bits per heavy atom. The molecule has 0 aliphatic carbocycles. The van der Waals surface area contributed by atoms with Gasteiger partial charge in [0.05, 0.1) is 118 Å². The summed E-state index contributed by atoms with van der Waals surface area (Å²) in [5.41, 5.74) is -7.76. The van der Waals surface area contributed by atoms with Crippen molar-refractivity contribution in [2.45, 2.75) is 72.3 Å². The minimum absolute atomic E-state index is 0.245. The monoisotopic (exact) mass is 1090 g/mol. The zero-order chi connectivity index (χ0) is 53.7. The number of nitrogens with one attached hydrogen (secondary N) is 2. The molecule has 2 fully saturated rings. The molecule has 9 rings (SSSR count). The van der Waals surface area contributed by atoms with Crippen molar-refractivity contribution in [2.75, 3.05) is 41.5 Å². The van der Waals surface area contributed by atoms with Crippen LogP contribution in [-0.2, 0) is 44.2 Å². The van der Waals surface area contributed by atoms with E-state index in [-0.39, 0.29) is 17.1 Å². The van der Waals surface area contributed by atoms with Gasteiger partial charge in [0, 0.05) is 0 Å². The third-order valence-electron chi connectivity index (χ3n) is 12.2. The average molecular weight is 1090 g/mol. The third kappa shape index (κ3) is 10.2. The molecule has 4 aliphatic rings. The molecule has 74 heavy (non-hydrogen) atoms. The SMILES string of the molecule is O=S(=O)(N[C@@H]1COC[C@H](N2c3ccc(C(F)(F)F)cc3Oc3c2ccc(C(F)(F)F)c3N[C@@H]2COC[C@H](N3c4ccc(C(F)(F)F)cc4Oc4cc(C(F)(F)F)ccc43)[C@H]2O)[C@H]1O)c1ccc(OC(F)(F)F)cc1. The minimum atomic E-state index is -5.33. The Hall–Kier alpha value is -6.40. The van der Waals surface area contributed by atoms with Gasteiger partial charge in [-0.2, -0.15) is 52.7 Å². The van der Waals surface area contributed by atoms with E-state index in [1.807, 2.05) is 0 Å². The number of benzene rings is 5. The van der Waals surface area contributed by atoms with Gasteiger partial charge in [-0.05, 0) is 91.0 Å². The number of hydrogen-bond donors (Lipinski definition) is 4. The highest BCUT2D eigenvalue weighted by atomic mass is 32.2. The van der Waals surface area contributed by atoms with Crippen LogP contribution in [0, 0.1) is 0 Å². The topological polar surface area (TPSA) is 151 Å². The van der Waals surface area contributed by atoms with Crippen LogP contribution < -0.4 is 34.0 Å². The predicted octanol–water partition coefficient (Wildman–Crippen LogP) is 10.5. The van der Waals surface area contributed by atoms with Gasteiger partial charge in [0.2, 0.25) is 10.0 Å². The fraction of sp³-hybridized carbons (Fsp3) is 0.333. The molecule has 0 saturated carbocycles. The highest BCUT2D eigenvalue weighted by Crippen LogP contribution is 2.57. The molecular weight excluding hydrogens is 1060 g/mol. The second kappa shape index (κ2) is 18.5. The number of halogens is 15. The number of rotatable bonds is 8. The highest BCUT2D eigenvalue weighted by molar-refractivity contribution is 7.89. The normalized spacial score (nSPS) is 22.4. The van der Waals surface area contributed by atoms with E-state index in [9.17, 15) is 71.3 Å². The Morgan fingerprint density at radius 3 is 1.42 bits per heavy atom. The van der Waals surface area contributed by atoms with Gasteiger partial charge in [-0.15, -0.1) is 13.2 Å². The number of nitrogens with zero attached hydrogens (tertiary/aromatic N) is 2. The van der Waals surface area contributed by atoms with Crippen LogP contribution in [-0.4, -0.2) is 87.8 Å². The van der Waals surface area contributed by atoms with Crippen molar-refractivity contribution in [1.29, 1.82) is 0 Å². The van der Waals surface area contributed by atoms with Crippen LogP contribution in [0.3, 0.4) is 0 Å². The zero-order valence-corrected chi connectivity index (χ0v) is 37.5. The van der Waals surface area contributed by atoms with Gasteiger partial charge in [-0.25, -0.2) is 13.1 Å². The second-order valence-corrected chi connectivity index (χ2v) is 18.7. The Labute approximate surface area is 406 Å². The maximum Gasteiger partial charge on any atom is 0.573 e. The summed E-state index contributed by atoms with van der Waals surface area (Å²) in [5.74, 6) is -3.68. The molecule has 0 aromatic heterocycles. The Morgan fingerprint density at radius 2 is 0.959 bits per heavy atom. The van der Waals surface area contributed by atoms with Gasteiger partial charge in [-0.3, -0.25) is 0 Å². The Balaban J connectivity index is 1.10. The number of alkyl halides is 15. The van der Waals surface area contributed by atoms with Crippen LogP contribution in [0.4, 0.5) is 94.3 Å². The van der Waals surface area contributed by atoms with Crippen molar-refractivity contribution in [1.82, 2.24) is 4.72 Å². The average Bonchev–Trinajstić information content (AvgIpc) is 3.29. The summed E-state index contributed by atoms with van der Waals surface area (Å²) in [6, 6.07) is 3.50. The van der Waals surface area contributed by atoms with E-state index in [2.05, 4.69) is 14.8 Å². The molecule has 0 unspecified atom stereocenters. The summed E-state index contributed by atoms with van der Waals surface area (Å²) in [7, 11) is -4.73. The van der Waals surface area contributed by atoms with E-state index >= 15 is 13.2 Å². The first-order valence-electron chi connectivity index (χ1n) is 21.4. The van der Waals surface area contributed by atoms with Crippen molar-refractivity contribution < 1.29 is 108 Å². The molecule has 5 aromatic carbocycles. The van der Waals surface area contributed by atoms with Gasteiger partial charge < -0.3 is 49.0 Å². The number of sulfonamides is 1. The summed E-state index contributed by atoms with van der Waals surface area (Å²) in [6.07, 6.45) is -29.4. The molecule has 6 atom stereocenters. The smallest absolute Gasteiger partial charge is 0.453 e. The van der Waals surface area contributed by atoms with Crippen LogP contribution in [0.5, 0.6) is 28.7 Å². The van der Waals surface area contributed by atoms with Crippen molar-refractivity contribution >= 4 is 38.5 Å². The van der Waals surface area contributed by atoms with Crippen molar-refractivity contribution in [3.8, 4) is 28.7 Å². The maximum atomic E-state index is 15.2. The van der Waals surface area contributed by atoms with Crippen LogP contribution in [0.1, 0.15) is 22.3 Å². The summed E-state index contributed by atoms with van der Waals surface area (Å²) in [4.78, 5) is 1.48. The third-order valence-corrected chi connectivity index (χ3v) is 13.7. The summed E-state index contributed by atoms with van der Waals surface area (Å²) in [5, 5.41) is 26.5. The molecule has 0 bridgehead atoms. The van der Waals surface area contributed by atoms with Crippen LogP contribution >= 0.6 is 0 Å². The number of ether oxygens (including phenoxy) is 5. The van der Waals surface area contributed by atoms with E-state index in [1.165, 1.54) is 0 Å². The quantitative estimate of drug-likeness (QED) is 0.110. The number of anilines is 5. The van der Waals surface area contributed by atoms with Gasteiger partial charge in [0.25, 0.3) is 0 Å². The largest absolute Gasteiger partial charge is 0.573 e. The molecule has 4 aliphatic heterocycles. The lowest BCUT2D eigenvalue weighted by molar-refractivity contribution is -0.274. The fourth-order valence-corrected chi connectivity index (χ4v) is 10.1. The summed E-state index contributed by atoms with van der Waals surface area (Å²) in [6.45, 7) is -2.38. The van der Waals surface area contributed by atoms with Gasteiger partial charge >= 0.3 is 31.1 Å². The predicted molar refractivity (Wildman–Crippen MR) is 226 cm³/mol. The maximum absolute atomic E-state index is 15.2. The van der Waals surface area contributed by atoms with Gasteiger partial charge in [0.15, 0.2) is 23.0 Å². The number of aliphatic hydroxyl groups excluding tert-OH is 2. The molecule has 2 saturated heterocycles. The second-order valence-electron chi connectivity index (χ2n) is 17.0. The first-order chi connectivity index (χ1) is 34.4. The van der Waals surface area contributed by atoms with Gasteiger partial charge in [0.1, 0.15) is 5.75 Å². The van der Waals surface area contributed by atoms with E-state index in [1.54, 1.807) is 0 Å². The lowest BCUT2D eigenvalue weighted by Crippen LogP contribution is -2.60. The van der Waals surface area contributed by atoms with Crippen LogP contribution in [0.2, 0.25) is 0 Å². The van der Waals surface area contributed by atoms with Crippen molar-refractivity contribution in [3.05, 3.63) is 113 Å². The molecule has 0 spiro atoms. The molecule has 0 radical (unpaired) electrons. The van der Waals surface area contributed by atoms with Crippen molar-refractivity contribution in [3.63, 3.8) is 0 Å². The minimum Gasteiger partial charge on any atom is -0.453 e.